The Balaban J connectivity index is 4.21. The van der Waals surface area contributed by atoms with Crippen LogP contribution in [-0.2, 0) is 4.79 Å². The van der Waals surface area contributed by atoms with Crippen LogP contribution < -0.4 is 10.6 Å². The fourth-order valence-electron chi connectivity index (χ4n) is 1.21. The fourth-order valence-corrected chi connectivity index (χ4v) is 1.21. The van der Waals surface area contributed by atoms with Gasteiger partial charge >= 0.3 is 12.0 Å². The van der Waals surface area contributed by atoms with Gasteiger partial charge in [0.2, 0.25) is 0 Å². The number of hydrogen-bond donors (Lipinski definition) is 3. The number of nitrogens with one attached hydrogen (secondary N) is 2. The summed E-state index contributed by atoms with van der Waals surface area (Å²) in [4.78, 5) is 22.4. The van der Waals surface area contributed by atoms with Gasteiger partial charge in [-0.1, -0.05) is 34.1 Å². The Morgan fingerprint density at radius 1 is 1.31 bits per heavy atom. The molecule has 0 spiro atoms. The van der Waals surface area contributed by atoms with E-state index >= 15 is 0 Å². The molecule has 0 fully saturated rings. The van der Waals surface area contributed by atoms with Crippen molar-refractivity contribution in [2.75, 3.05) is 6.54 Å². The van der Waals surface area contributed by atoms with Crippen molar-refractivity contribution in [3.63, 3.8) is 0 Å². The van der Waals surface area contributed by atoms with E-state index in [-0.39, 0.29) is 0 Å². The summed E-state index contributed by atoms with van der Waals surface area (Å²) in [5.74, 6) is -1.02. The number of carbonyl (C=O) groups excluding carboxylic acids is 1. The van der Waals surface area contributed by atoms with Crippen molar-refractivity contribution in [3.05, 3.63) is 0 Å². The first-order chi connectivity index (χ1) is 7.29. The number of unbranched alkanes of at least 4 members (excludes halogenated alkanes) is 1. The average molecular weight is 230 g/mol. The fraction of sp³-hybridized carbons (Fsp3) is 0.818. The molecule has 0 saturated carbocycles. The van der Waals surface area contributed by atoms with E-state index in [0.717, 1.165) is 12.8 Å². The molecule has 0 unspecified atom stereocenters. The van der Waals surface area contributed by atoms with Crippen molar-refractivity contribution in [2.24, 2.45) is 5.41 Å². The van der Waals surface area contributed by atoms with Crippen molar-refractivity contribution < 1.29 is 14.7 Å². The second-order valence-corrected chi connectivity index (χ2v) is 4.89. The van der Waals surface area contributed by atoms with Crippen molar-refractivity contribution in [2.45, 2.75) is 46.6 Å². The van der Waals surface area contributed by atoms with Crippen LogP contribution in [0.1, 0.15) is 40.5 Å². The Bertz CT molecular complexity index is 246. The molecule has 16 heavy (non-hydrogen) atoms. The van der Waals surface area contributed by atoms with E-state index in [1.807, 2.05) is 6.92 Å². The van der Waals surface area contributed by atoms with Gasteiger partial charge in [0.1, 0.15) is 6.04 Å². The van der Waals surface area contributed by atoms with Crippen LogP contribution >= 0.6 is 0 Å². The molecule has 0 aromatic heterocycles. The zero-order valence-electron chi connectivity index (χ0n) is 10.5. The molecular formula is C11H22N2O3. The highest BCUT2D eigenvalue weighted by Gasteiger charge is 2.32. The van der Waals surface area contributed by atoms with Crippen molar-refractivity contribution in [1.82, 2.24) is 10.6 Å². The first-order valence-corrected chi connectivity index (χ1v) is 5.56. The highest BCUT2D eigenvalue weighted by atomic mass is 16.4. The predicted molar refractivity (Wildman–Crippen MR) is 62.3 cm³/mol. The van der Waals surface area contributed by atoms with Gasteiger partial charge in [-0.25, -0.2) is 9.59 Å². The zero-order chi connectivity index (χ0) is 12.8. The number of carboxylic acids is 1. The topological polar surface area (TPSA) is 78.4 Å². The molecule has 0 heterocycles. The molecule has 1 atom stereocenters. The molecule has 3 N–H and O–H groups in total. The van der Waals surface area contributed by atoms with Crippen molar-refractivity contribution >= 4 is 12.0 Å². The third-order valence-electron chi connectivity index (χ3n) is 2.20. The van der Waals surface area contributed by atoms with Gasteiger partial charge in [-0.15, -0.1) is 0 Å². The van der Waals surface area contributed by atoms with Gasteiger partial charge in [0.05, 0.1) is 0 Å². The molecule has 0 saturated heterocycles. The predicted octanol–water partition coefficient (Wildman–Crippen LogP) is 1.58. The maximum atomic E-state index is 11.4. The molecular weight excluding hydrogens is 208 g/mol. The summed E-state index contributed by atoms with van der Waals surface area (Å²) in [5, 5.41) is 14.1. The molecule has 0 aliphatic rings. The average Bonchev–Trinajstić information content (AvgIpc) is 2.12. The molecule has 0 aliphatic heterocycles. The van der Waals surface area contributed by atoms with Crippen LogP contribution in [0.2, 0.25) is 0 Å². The lowest BCUT2D eigenvalue weighted by molar-refractivity contribution is -0.141. The molecule has 5 heteroatoms. The van der Waals surface area contributed by atoms with Crippen molar-refractivity contribution in [1.29, 1.82) is 0 Å². The summed E-state index contributed by atoms with van der Waals surface area (Å²) in [7, 11) is 0. The van der Waals surface area contributed by atoms with E-state index < -0.39 is 23.5 Å². The summed E-state index contributed by atoms with van der Waals surface area (Å²) in [6.07, 6.45) is 1.88. The van der Waals surface area contributed by atoms with Gasteiger partial charge in [0, 0.05) is 6.54 Å². The number of carbonyl (C=O) groups is 2. The highest BCUT2D eigenvalue weighted by molar-refractivity contribution is 5.83. The summed E-state index contributed by atoms with van der Waals surface area (Å²) < 4.78 is 0. The van der Waals surface area contributed by atoms with Crippen LogP contribution in [0.5, 0.6) is 0 Å². The van der Waals surface area contributed by atoms with E-state index in [1.165, 1.54) is 0 Å². The highest BCUT2D eigenvalue weighted by Crippen LogP contribution is 2.19. The van der Waals surface area contributed by atoms with Crippen LogP contribution in [0.25, 0.3) is 0 Å². The van der Waals surface area contributed by atoms with Gasteiger partial charge in [-0.3, -0.25) is 0 Å². The summed E-state index contributed by atoms with van der Waals surface area (Å²) in [6.45, 7) is 7.92. The first-order valence-electron chi connectivity index (χ1n) is 5.56. The lowest BCUT2D eigenvalue weighted by Crippen LogP contribution is -2.52. The number of rotatable bonds is 5. The number of hydrogen-bond acceptors (Lipinski definition) is 2. The van der Waals surface area contributed by atoms with Gasteiger partial charge in [0.15, 0.2) is 0 Å². The Morgan fingerprint density at radius 2 is 1.88 bits per heavy atom. The van der Waals surface area contributed by atoms with E-state index in [0.29, 0.717) is 6.54 Å². The molecule has 0 aliphatic carbocycles. The molecule has 2 amide bonds. The largest absolute Gasteiger partial charge is 0.480 e. The number of amides is 2. The molecule has 0 radical (unpaired) electrons. The minimum absolute atomic E-state index is 0.421. The molecule has 0 rings (SSSR count). The van der Waals surface area contributed by atoms with Gasteiger partial charge < -0.3 is 15.7 Å². The Labute approximate surface area is 96.6 Å². The number of urea groups is 1. The minimum Gasteiger partial charge on any atom is -0.480 e. The second-order valence-electron chi connectivity index (χ2n) is 4.89. The van der Waals surface area contributed by atoms with Crippen molar-refractivity contribution in [3.8, 4) is 0 Å². The monoisotopic (exact) mass is 230 g/mol. The van der Waals surface area contributed by atoms with Crippen LogP contribution in [0, 0.1) is 5.41 Å². The number of carboxylic acid groups (broad SMARTS) is 1. The molecule has 0 bridgehead atoms. The normalized spacial score (nSPS) is 13.0. The lowest BCUT2D eigenvalue weighted by Gasteiger charge is -2.27. The summed E-state index contributed by atoms with van der Waals surface area (Å²) >= 11 is 0. The van der Waals surface area contributed by atoms with Gasteiger partial charge in [-0.05, 0) is 11.8 Å². The van der Waals surface area contributed by atoms with Crippen LogP contribution in [0.4, 0.5) is 4.79 Å². The standard InChI is InChI=1S/C11H22N2O3/c1-5-6-7-12-10(16)13-8(9(14)15)11(2,3)4/h8H,5-7H2,1-4H3,(H,14,15)(H2,12,13,16)/t8-/m1/s1. The Hall–Kier alpha value is -1.26. The van der Waals surface area contributed by atoms with Gasteiger partial charge in [-0.2, -0.15) is 0 Å². The van der Waals surface area contributed by atoms with E-state index in [4.69, 9.17) is 5.11 Å². The zero-order valence-corrected chi connectivity index (χ0v) is 10.5. The lowest BCUT2D eigenvalue weighted by atomic mass is 9.87. The van der Waals surface area contributed by atoms with Crippen LogP contribution in [0.15, 0.2) is 0 Å². The second kappa shape index (κ2) is 6.35. The smallest absolute Gasteiger partial charge is 0.326 e. The Kier molecular flexibility index (Phi) is 5.85. The van der Waals surface area contributed by atoms with E-state index in [2.05, 4.69) is 10.6 Å². The van der Waals surface area contributed by atoms with E-state index in [9.17, 15) is 9.59 Å². The maximum Gasteiger partial charge on any atom is 0.326 e. The van der Waals surface area contributed by atoms with Gasteiger partial charge in [0.25, 0.3) is 0 Å². The minimum atomic E-state index is -1.02. The molecule has 94 valence electrons. The third kappa shape index (κ3) is 5.58. The quantitative estimate of drug-likeness (QED) is 0.627. The summed E-state index contributed by atoms with van der Waals surface area (Å²) in [5.41, 5.74) is -0.506. The number of aliphatic carboxylic acids is 1. The molecule has 0 aromatic carbocycles. The summed E-state index contributed by atoms with van der Waals surface area (Å²) in [6, 6.07) is -1.30. The first kappa shape index (κ1) is 14.7. The maximum absolute atomic E-state index is 11.4. The van der Waals surface area contributed by atoms with Crippen LogP contribution in [0.3, 0.4) is 0 Å². The van der Waals surface area contributed by atoms with E-state index in [1.54, 1.807) is 20.8 Å². The van der Waals surface area contributed by atoms with Crippen LogP contribution in [-0.4, -0.2) is 29.7 Å². The SMILES string of the molecule is CCCCNC(=O)N[C@H](C(=O)O)C(C)(C)C. The molecule has 5 nitrogen and oxygen atoms in total. The Morgan fingerprint density at radius 3 is 2.25 bits per heavy atom. The molecule has 0 aromatic rings. The third-order valence-corrected chi connectivity index (χ3v) is 2.20.